The van der Waals surface area contributed by atoms with Crippen LogP contribution in [0.25, 0.3) is 0 Å². The van der Waals surface area contributed by atoms with E-state index in [0.29, 0.717) is 18.7 Å². The number of carbonyl (C=O) groups is 2. The number of benzene rings is 2. The van der Waals surface area contributed by atoms with E-state index in [1.165, 1.54) is 4.90 Å². The van der Waals surface area contributed by atoms with Gasteiger partial charge < -0.3 is 10.2 Å². The van der Waals surface area contributed by atoms with Crippen molar-refractivity contribution in [2.24, 2.45) is 0 Å². The third kappa shape index (κ3) is 6.81. The number of likely N-dealkylation sites (N-methyl/N-ethyl adjacent to an activating group) is 1. The van der Waals surface area contributed by atoms with Crippen molar-refractivity contribution < 1.29 is 18.0 Å². The molecular formula is C25H35N3O4S. The summed E-state index contributed by atoms with van der Waals surface area (Å²) in [7, 11) is -3.74. The number of amides is 2. The summed E-state index contributed by atoms with van der Waals surface area (Å²) >= 11 is 0. The van der Waals surface area contributed by atoms with E-state index in [4.69, 9.17) is 0 Å². The Kier molecular flexibility index (Phi) is 9.05. The molecule has 0 aliphatic rings. The molecule has 2 aromatic rings. The normalized spacial score (nSPS) is 12.2. The van der Waals surface area contributed by atoms with E-state index in [1.54, 1.807) is 12.1 Å². The topological polar surface area (TPSA) is 86.8 Å². The lowest BCUT2D eigenvalue weighted by Crippen LogP contribution is -2.52. The summed E-state index contributed by atoms with van der Waals surface area (Å²) in [4.78, 5) is 27.9. The maximum atomic E-state index is 13.6. The summed E-state index contributed by atoms with van der Waals surface area (Å²) in [6, 6.07) is 12.4. The highest BCUT2D eigenvalue weighted by Crippen LogP contribution is 2.25. The van der Waals surface area contributed by atoms with Gasteiger partial charge in [-0.1, -0.05) is 48.9 Å². The number of nitrogens with one attached hydrogen (secondary N) is 1. The molecule has 0 aliphatic heterocycles. The lowest BCUT2D eigenvalue weighted by molar-refractivity contribution is -0.140. The maximum absolute atomic E-state index is 13.6. The van der Waals surface area contributed by atoms with Crippen molar-refractivity contribution in [3.05, 3.63) is 64.7 Å². The lowest BCUT2D eigenvalue weighted by Gasteiger charge is -2.33. The first-order chi connectivity index (χ1) is 15.5. The van der Waals surface area contributed by atoms with Crippen molar-refractivity contribution >= 4 is 27.5 Å². The molecule has 180 valence electrons. The molecule has 0 saturated heterocycles. The Labute approximate surface area is 197 Å². The molecule has 0 aromatic heterocycles. The van der Waals surface area contributed by atoms with E-state index in [9.17, 15) is 18.0 Å². The van der Waals surface area contributed by atoms with Crippen LogP contribution in [0.1, 0.15) is 42.5 Å². The van der Waals surface area contributed by atoms with Gasteiger partial charge in [0.25, 0.3) is 0 Å². The highest BCUT2D eigenvalue weighted by Gasteiger charge is 2.32. The molecule has 7 nitrogen and oxygen atoms in total. The largest absolute Gasteiger partial charge is 0.355 e. The Morgan fingerprint density at radius 1 is 1.03 bits per heavy atom. The van der Waals surface area contributed by atoms with E-state index < -0.39 is 22.0 Å². The van der Waals surface area contributed by atoms with Crippen molar-refractivity contribution in [2.45, 2.75) is 53.6 Å². The molecule has 0 fully saturated rings. The predicted octanol–water partition coefficient (Wildman–Crippen LogP) is 3.32. The van der Waals surface area contributed by atoms with Gasteiger partial charge in [0.1, 0.15) is 12.6 Å². The zero-order chi connectivity index (χ0) is 24.8. The second kappa shape index (κ2) is 11.3. The third-order valence-electron chi connectivity index (χ3n) is 5.70. The number of rotatable bonds is 10. The Hall–Kier alpha value is -2.87. The van der Waals surface area contributed by atoms with Gasteiger partial charge in [0.2, 0.25) is 21.8 Å². The van der Waals surface area contributed by atoms with Crippen molar-refractivity contribution in [3.8, 4) is 0 Å². The van der Waals surface area contributed by atoms with Gasteiger partial charge in [0.05, 0.1) is 11.9 Å². The molecule has 0 aliphatic carbocycles. The molecule has 2 rings (SSSR count). The number of carbonyl (C=O) groups excluding carboxylic acids is 2. The highest BCUT2D eigenvalue weighted by molar-refractivity contribution is 7.92. The Morgan fingerprint density at radius 2 is 1.70 bits per heavy atom. The highest BCUT2D eigenvalue weighted by atomic mass is 32.2. The van der Waals surface area contributed by atoms with Gasteiger partial charge in [-0.3, -0.25) is 13.9 Å². The second-order valence-electron chi connectivity index (χ2n) is 8.32. The van der Waals surface area contributed by atoms with Crippen LogP contribution in [-0.2, 0) is 26.2 Å². The quantitative estimate of drug-likeness (QED) is 0.574. The van der Waals surface area contributed by atoms with E-state index in [0.717, 1.165) is 32.8 Å². The van der Waals surface area contributed by atoms with Gasteiger partial charge in [-0.15, -0.1) is 0 Å². The minimum absolute atomic E-state index is 0.209. The first kappa shape index (κ1) is 26.4. The van der Waals surface area contributed by atoms with Crippen LogP contribution < -0.4 is 9.62 Å². The van der Waals surface area contributed by atoms with E-state index in [1.807, 2.05) is 65.0 Å². The fourth-order valence-corrected chi connectivity index (χ4v) is 4.72. The molecule has 2 aromatic carbocycles. The fraction of sp³-hybridized carbons (Fsp3) is 0.440. The number of aryl methyl sites for hydroxylation is 2. The molecule has 1 atom stereocenters. The van der Waals surface area contributed by atoms with Crippen LogP contribution in [0.2, 0.25) is 0 Å². The zero-order valence-electron chi connectivity index (χ0n) is 20.4. The van der Waals surface area contributed by atoms with Gasteiger partial charge >= 0.3 is 0 Å². The number of hydrogen-bond acceptors (Lipinski definition) is 4. The SMILES string of the molecule is CCNC(=O)[C@H](CC)N(Cc1cccc(C)c1)C(=O)CN(c1cccc(C)c1C)S(C)(=O)=O. The molecule has 0 bridgehead atoms. The Bertz CT molecular complexity index is 1100. The van der Waals surface area contributed by atoms with Crippen LogP contribution in [0, 0.1) is 20.8 Å². The van der Waals surface area contributed by atoms with Crippen LogP contribution in [0.4, 0.5) is 5.69 Å². The summed E-state index contributed by atoms with van der Waals surface area (Å²) in [5.74, 6) is -0.681. The van der Waals surface area contributed by atoms with Crippen LogP contribution in [0.5, 0.6) is 0 Å². The number of nitrogens with zero attached hydrogens (tertiary/aromatic N) is 2. The monoisotopic (exact) mass is 473 g/mol. The summed E-state index contributed by atoms with van der Waals surface area (Å²) < 4.78 is 26.5. The molecular weight excluding hydrogens is 438 g/mol. The van der Waals surface area contributed by atoms with Crippen molar-refractivity contribution in [2.75, 3.05) is 23.7 Å². The minimum atomic E-state index is -3.74. The Balaban J connectivity index is 2.48. The Morgan fingerprint density at radius 3 is 2.27 bits per heavy atom. The summed E-state index contributed by atoms with van der Waals surface area (Å²) in [6.45, 7) is 9.63. The van der Waals surface area contributed by atoms with E-state index >= 15 is 0 Å². The van der Waals surface area contributed by atoms with Crippen LogP contribution in [0.15, 0.2) is 42.5 Å². The van der Waals surface area contributed by atoms with Gasteiger partial charge in [0, 0.05) is 13.1 Å². The molecule has 0 spiro atoms. The predicted molar refractivity (Wildman–Crippen MR) is 133 cm³/mol. The molecule has 0 unspecified atom stereocenters. The molecule has 0 radical (unpaired) electrons. The minimum Gasteiger partial charge on any atom is -0.355 e. The summed E-state index contributed by atoms with van der Waals surface area (Å²) in [6.07, 6.45) is 1.50. The van der Waals surface area contributed by atoms with Gasteiger partial charge in [0.15, 0.2) is 0 Å². The van der Waals surface area contributed by atoms with Gasteiger partial charge in [-0.25, -0.2) is 8.42 Å². The average molecular weight is 474 g/mol. The molecule has 33 heavy (non-hydrogen) atoms. The fourth-order valence-electron chi connectivity index (χ4n) is 3.82. The molecule has 0 saturated carbocycles. The standard InChI is InChI=1S/C25H35N3O4S/c1-7-22(25(30)26-8-2)27(16-21-13-9-11-18(3)15-21)24(29)17-28(33(6,31)32)23-14-10-12-19(4)20(23)5/h9-15,22H,7-8,16-17H2,1-6H3,(H,26,30)/t22-/m0/s1. The smallest absolute Gasteiger partial charge is 0.244 e. The number of anilines is 1. The van der Waals surface area contributed by atoms with Crippen molar-refractivity contribution in [3.63, 3.8) is 0 Å². The van der Waals surface area contributed by atoms with Crippen molar-refractivity contribution in [1.29, 1.82) is 0 Å². The van der Waals surface area contributed by atoms with E-state index in [2.05, 4.69) is 5.32 Å². The number of hydrogen-bond donors (Lipinski definition) is 1. The molecule has 1 N–H and O–H groups in total. The second-order valence-corrected chi connectivity index (χ2v) is 10.2. The van der Waals surface area contributed by atoms with Gasteiger partial charge in [-0.2, -0.15) is 0 Å². The molecule has 8 heteroatoms. The first-order valence-corrected chi connectivity index (χ1v) is 13.0. The van der Waals surface area contributed by atoms with Crippen LogP contribution in [0.3, 0.4) is 0 Å². The third-order valence-corrected chi connectivity index (χ3v) is 6.82. The zero-order valence-corrected chi connectivity index (χ0v) is 21.2. The summed E-state index contributed by atoms with van der Waals surface area (Å²) in [5, 5.41) is 2.80. The molecule has 2 amide bonds. The lowest BCUT2D eigenvalue weighted by atomic mass is 10.1. The first-order valence-electron chi connectivity index (χ1n) is 11.2. The van der Waals surface area contributed by atoms with Crippen LogP contribution >= 0.6 is 0 Å². The summed E-state index contributed by atoms with van der Waals surface area (Å²) in [5.41, 5.74) is 4.10. The number of sulfonamides is 1. The maximum Gasteiger partial charge on any atom is 0.244 e. The van der Waals surface area contributed by atoms with Gasteiger partial charge in [-0.05, 0) is 56.9 Å². The molecule has 0 heterocycles. The average Bonchev–Trinajstić information content (AvgIpc) is 2.73. The van der Waals surface area contributed by atoms with Crippen molar-refractivity contribution in [1.82, 2.24) is 10.2 Å². The van der Waals surface area contributed by atoms with E-state index in [-0.39, 0.29) is 19.0 Å². The van der Waals surface area contributed by atoms with Crippen LogP contribution in [-0.4, -0.2) is 50.5 Å².